The normalized spacial score (nSPS) is 37.0. The van der Waals surface area contributed by atoms with Gasteiger partial charge in [-0.2, -0.15) is 0 Å². The average molecular weight is 502 g/mol. The van der Waals surface area contributed by atoms with E-state index in [1.54, 1.807) is 6.92 Å². The third-order valence-electron chi connectivity index (χ3n) is 10.5. The molecule has 1 amide bonds. The smallest absolute Gasteiger partial charge is 0.326 e. The summed E-state index contributed by atoms with van der Waals surface area (Å²) in [6, 6.07) is -0.946. The largest absolute Gasteiger partial charge is 0.480 e. The van der Waals surface area contributed by atoms with Crippen LogP contribution >= 0.6 is 0 Å². The van der Waals surface area contributed by atoms with Gasteiger partial charge in [-0.3, -0.25) is 14.4 Å². The predicted molar refractivity (Wildman–Crippen MR) is 135 cm³/mol. The fourth-order valence-electron chi connectivity index (χ4n) is 8.07. The van der Waals surface area contributed by atoms with Crippen molar-refractivity contribution in [3.63, 3.8) is 0 Å². The number of carbonyl (C=O) groups is 4. The molecular formula is C29H43NO6. The van der Waals surface area contributed by atoms with Gasteiger partial charge >= 0.3 is 11.9 Å². The maximum absolute atomic E-state index is 12.7. The first kappa shape index (κ1) is 26.9. The zero-order valence-electron chi connectivity index (χ0n) is 22.3. The van der Waals surface area contributed by atoms with Gasteiger partial charge in [0.1, 0.15) is 12.1 Å². The molecule has 0 heterocycles. The van der Waals surface area contributed by atoms with E-state index >= 15 is 0 Å². The maximum atomic E-state index is 12.7. The van der Waals surface area contributed by atoms with Gasteiger partial charge < -0.3 is 15.2 Å². The molecule has 4 aliphatic rings. The van der Waals surface area contributed by atoms with Crippen molar-refractivity contribution in [1.29, 1.82) is 0 Å². The van der Waals surface area contributed by atoms with Gasteiger partial charge in [-0.1, -0.05) is 39.7 Å². The number of rotatable bonds is 8. The highest BCUT2D eigenvalue weighted by Crippen LogP contribution is 2.65. The van der Waals surface area contributed by atoms with Gasteiger partial charge in [0.15, 0.2) is 5.78 Å². The number of hydrogen-bond acceptors (Lipinski definition) is 5. The summed E-state index contributed by atoms with van der Waals surface area (Å²) in [5, 5.41) is 11.9. The fourth-order valence-corrected chi connectivity index (χ4v) is 8.07. The minimum absolute atomic E-state index is 0.0395. The van der Waals surface area contributed by atoms with Crippen LogP contribution in [0.25, 0.3) is 0 Å². The van der Waals surface area contributed by atoms with Gasteiger partial charge in [-0.05, 0) is 80.1 Å². The van der Waals surface area contributed by atoms with Crippen molar-refractivity contribution in [3.8, 4) is 0 Å². The monoisotopic (exact) mass is 501 g/mol. The summed E-state index contributed by atoms with van der Waals surface area (Å²) in [7, 11) is 0. The molecule has 2 N–H and O–H groups in total. The Bertz CT molecular complexity index is 942. The van der Waals surface area contributed by atoms with Crippen LogP contribution in [0.5, 0.6) is 0 Å². The van der Waals surface area contributed by atoms with Crippen LogP contribution in [-0.2, 0) is 23.9 Å². The van der Waals surface area contributed by atoms with Crippen molar-refractivity contribution in [3.05, 3.63) is 11.6 Å². The predicted octanol–water partition coefficient (Wildman–Crippen LogP) is 4.83. The second-order valence-corrected chi connectivity index (χ2v) is 12.3. The Balaban J connectivity index is 1.34. The van der Waals surface area contributed by atoms with Gasteiger partial charge in [-0.25, -0.2) is 4.79 Å². The number of ketones is 1. The number of esters is 1. The van der Waals surface area contributed by atoms with Gasteiger partial charge in [0.25, 0.3) is 0 Å². The van der Waals surface area contributed by atoms with Crippen LogP contribution in [0, 0.1) is 34.5 Å². The number of fused-ring (bicyclic) bond motifs is 5. The molecule has 36 heavy (non-hydrogen) atoms. The summed E-state index contributed by atoms with van der Waals surface area (Å²) in [6.45, 7) is 8.33. The lowest BCUT2D eigenvalue weighted by Crippen LogP contribution is -2.51. The van der Waals surface area contributed by atoms with E-state index in [0.717, 1.165) is 44.9 Å². The first-order chi connectivity index (χ1) is 17.0. The zero-order chi connectivity index (χ0) is 26.3. The van der Waals surface area contributed by atoms with Crippen LogP contribution in [0.2, 0.25) is 0 Å². The third kappa shape index (κ3) is 4.87. The number of aliphatic carboxylic acids is 1. The SMILES string of the molecule is CC[C@H](C)[C@@H](NC(=O)CCC(=O)O[C@@H]1CC[C@H]2[C@H]3CCC4=CC(=O)CC[C@]4(C)[C@@H]3CC[C@]12C)C(=O)O. The van der Waals surface area contributed by atoms with Crippen molar-refractivity contribution in [2.75, 3.05) is 0 Å². The molecular weight excluding hydrogens is 458 g/mol. The highest BCUT2D eigenvalue weighted by molar-refractivity contribution is 5.91. The fraction of sp³-hybridized carbons (Fsp3) is 0.793. The standard InChI is InChI=1S/C29H43NO6/c1-5-17(2)26(27(34)35)30-24(32)10-11-25(33)36-23-9-8-21-20-7-6-18-16-19(31)12-14-28(18,3)22(20)13-15-29(21,23)4/h16-17,20-23,26H,5-15H2,1-4H3,(H,30,32)(H,34,35)/t17-,20+,21-,22+,23+,26+,28-,29-/m0/s1. The molecule has 3 saturated carbocycles. The van der Waals surface area contributed by atoms with E-state index in [2.05, 4.69) is 19.2 Å². The minimum Gasteiger partial charge on any atom is -0.480 e. The van der Waals surface area contributed by atoms with Crippen molar-refractivity contribution >= 4 is 23.6 Å². The Labute approximate surface area is 214 Å². The average Bonchev–Trinajstić information content (AvgIpc) is 3.17. The molecule has 0 unspecified atom stereocenters. The van der Waals surface area contributed by atoms with Crippen LogP contribution in [0.1, 0.15) is 98.3 Å². The molecule has 7 nitrogen and oxygen atoms in total. The first-order valence-electron chi connectivity index (χ1n) is 13.9. The van der Waals surface area contributed by atoms with Gasteiger partial charge in [-0.15, -0.1) is 0 Å². The topological polar surface area (TPSA) is 110 Å². The van der Waals surface area contributed by atoms with E-state index < -0.39 is 17.9 Å². The number of carbonyl (C=O) groups excluding carboxylic acids is 3. The van der Waals surface area contributed by atoms with E-state index in [1.807, 2.05) is 13.0 Å². The van der Waals surface area contributed by atoms with Crippen LogP contribution in [0.4, 0.5) is 0 Å². The maximum Gasteiger partial charge on any atom is 0.326 e. The number of hydrogen-bond donors (Lipinski definition) is 2. The van der Waals surface area contributed by atoms with Crippen molar-refractivity contribution in [2.24, 2.45) is 34.5 Å². The second kappa shape index (κ2) is 10.3. The van der Waals surface area contributed by atoms with E-state index in [-0.39, 0.29) is 47.4 Å². The Morgan fingerprint density at radius 3 is 2.53 bits per heavy atom. The van der Waals surface area contributed by atoms with Crippen molar-refractivity contribution in [1.82, 2.24) is 5.32 Å². The summed E-state index contributed by atoms with van der Waals surface area (Å²) in [4.78, 5) is 48.6. The number of ether oxygens (including phenoxy) is 1. The molecule has 8 atom stereocenters. The molecule has 7 heteroatoms. The molecule has 0 bridgehead atoms. The Morgan fingerprint density at radius 2 is 1.83 bits per heavy atom. The van der Waals surface area contributed by atoms with E-state index in [4.69, 9.17) is 4.74 Å². The lowest BCUT2D eigenvalue weighted by Gasteiger charge is -2.57. The summed E-state index contributed by atoms with van der Waals surface area (Å²) in [5.74, 6) is -0.0631. The highest BCUT2D eigenvalue weighted by atomic mass is 16.5. The lowest BCUT2D eigenvalue weighted by atomic mass is 9.47. The second-order valence-electron chi connectivity index (χ2n) is 12.3. The summed E-state index contributed by atoms with van der Waals surface area (Å²) in [6.07, 6.45) is 10.1. The van der Waals surface area contributed by atoms with Crippen LogP contribution < -0.4 is 5.32 Å². The van der Waals surface area contributed by atoms with Gasteiger partial charge in [0.05, 0.1) is 6.42 Å². The van der Waals surface area contributed by atoms with E-state index in [9.17, 15) is 24.3 Å². The molecule has 3 fully saturated rings. The molecule has 4 aliphatic carbocycles. The molecule has 0 aromatic carbocycles. The van der Waals surface area contributed by atoms with Crippen LogP contribution in [0.15, 0.2) is 11.6 Å². The number of carboxylic acids is 1. The quantitative estimate of drug-likeness (QED) is 0.461. The zero-order valence-corrected chi connectivity index (χ0v) is 22.3. The van der Waals surface area contributed by atoms with Crippen LogP contribution in [0.3, 0.4) is 0 Å². The molecule has 200 valence electrons. The summed E-state index contributed by atoms with van der Waals surface area (Å²) in [5.41, 5.74) is 1.44. The Morgan fingerprint density at radius 1 is 1.08 bits per heavy atom. The van der Waals surface area contributed by atoms with Crippen molar-refractivity contribution < 1.29 is 29.0 Å². The molecule has 0 radical (unpaired) electrons. The van der Waals surface area contributed by atoms with Gasteiger partial charge in [0.2, 0.25) is 5.91 Å². The molecule has 4 rings (SSSR count). The summed E-state index contributed by atoms with van der Waals surface area (Å²) < 4.78 is 5.99. The van der Waals surface area contributed by atoms with E-state index in [1.165, 1.54) is 5.57 Å². The summed E-state index contributed by atoms with van der Waals surface area (Å²) >= 11 is 0. The number of carboxylic acid groups (broad SMARTS) is 1. The Hall–Kier alpha value is -2.18. The molecule has 0 aromatic heterocycles. The van der Waals surface area contributed by atoms with Crippen LogP contribution in [-0.4, -0.2) is 40.9 Å². The molecule has 0 aliphatic heterocycles. The number of allylic oxidation sites excluding steroid dienone is 1. The third-order valence-corrected chi connectivity index (χ3v) is 10.5. The molecule has 0 aromatic rings. The highest BCUT2D eigenvalue weighted by Gasteiger charge is 2.59. The Kier molecular flexibility index (Phi) is 7.68. The molecule has 0 saturated heterocycles. The number of nitrogens with one attached hydrogen (secondary N) is 1. The van der Waals surface area contributed by atoms with Crippen molar-refractivity contribution in [2.45, 2.75) is 110 Å². The first-order valence-corrected chi connectivity index (χ1v) is 13.9. The van der Waals surface area contributed by atoms with Gasteiger partial charge in [0, 0.05) is 18.3 Å². The number of amides is 1. The molecule has 0 spiro atoms. The minimum atomic E-state index is -1.06. The lowest BCUT2D eigenvalue weighted by molar-refractivity contribution is -0.160. The van der Waals surface area contributed by atoms with E-state index in [0.29, 0.717) is 30.6 Å².